The second-order valence-corrected chi connectivity index (χ2v) is 12.7. The van der Waals surface area contributed by atoms with E-state index < -0.39 is 66.4 Å². The molecule has 17 N–H and O–H groups in total. The Bertz CT molecular complexity index is 1680. The number of hydrogen-bond donors (Lipinski definition) is 14. The van der Waals surface area contributed by atoms with Crippen molar-refractivity contribution < 1.29 is 69.3 Å². The van der Waals surface area contributed by atoms with Crippen LogP contribution in [0.2, 0.25) is 0 Å². The maximum atomic E-state index is 10.6. The average Bonchev–Trinajstić information content (AvgIpc) is 3.91. The number of H-pyrrole nitrogens is 2. The summed E-state index contributed by atoms with van der Waals surface area (Å²) in [4.78, 5) is 80.6. The lowest BCUT2D eigenvalue weighted by Gasteiger charge is -2.04. The van der Waals surface area contributed by atoms with E-state index in [1.54, 1.807) is 42.4 Å². The Morgan fingerprint density at radius 2 is 1.43 bits per heavy atom. The summed E-state index contributed by atoms with van der Waals surface area (Å²) >= 11 is 2.62. The van der Waals surface area contributed by atoms with Gasteiger partial charge in [-0.1, -0.05) is 11.8 Å². The molecule has 0 bridgehead atoms. The number of rotatable bonds is 11. The molecule has 2 fully saturated rings. The number of amides is 1. The molecule has 24 heteroatoms. The summed E-state index contributed by atoms with van der Waals surface area (Å²) < 4.78 is 0. The summed E-state index contributed by atoms with van der Waals surface area (Å²) in [5, 5.41) is 64.8. The van der Waals surface area contributed by atoms with E-state index in [4.69, 9.17) is 47.8 Å². The van der Waals surface area contributed by atoms with Gasteiger partial charge in [-0.15, -0.1) is 11.8 Å². The number of fused-ring (bicyclic) bond motifs is 1. The Hall–Kier alpha value is -5.40. The molecule has 1 unspecified atom stereocenters. The summed E-state index contributed by atoms with van der Waals surface area (Å²) in [6.45, 7) is 0. The van der Waals surface area contributed by atoms with Crippen molar-refractivity contribution in [2.24, 2.45) is 17.2 Å². The van der Waals surface area contributed by atoms with Crippen LogP contribution in [-0.2, 0) is 41.6 Å². The Morgan fingerprint density at radius 1 is 0.830 bits per heavy atom. The van der Waals surface area contributed by atoms with Gasteiger partial charge in [0.15, 0.2) is 0 Å². The molecule has 292 valence electrons. The molecule has 0 radical (unpaired) electrons. The molecule has 53 heavy (non-hydrogen) atoms. The van der Waals surface area contributed by atoms with Crippen LogP contribution in [0.25, 0.3) is 10.9 Å². The van der Waals surface area contributed by atoms with Crippen LogP contribution in [0.4, 0.5) is 4.79 Å². The molecular weight excluding hydrogens is 748 g/mol. The molecule has 2 aromatic heterocycles. The van der Waals surface area contributed by atoms with E-state index in [2.05, 4.69) is 25.6 Å². The summed E-state index contributed by atoms with van der Waals surface area (Å²) in [6, 6.07) is 0.845. The average molecular weight is 789 g/mol. The number of thioether (sulfide) groups is 2. The van der Waals surface area contributed by atoms with Crippen LogP contribution < -0.4 is 27.8 Å². The Balaban J connectivity index is 0.000000341. The third-order valence-corrected chi connectivity index (χ3v) is 8.34. The minimum Gasteiger partial charge on any atom is -0.508 e. The maximum Gasteiger partial charge on any atom is 0.327 e. The molecule has 22 nitrogen and oxygen atoms in total. The fraction of sp³-hybridized carbons (Fsp3) is 0.379. The van der Waals surface area contributed by atoms with Crippen LogP contribution in [0.1, 0.15) is 17.7 Å². The number of nitrogens with two attached hydrogens (primary N) is 3. The van der Waals surface area contributed by atoms with Gasteiger partial charge in [-0.05, 0) is 23.8 Å². The van der Waals surface area contributed by atoms with Gasteiger partial charge < -0.3 is 68.2 Å². The van der Waals surface area contributed by atoms with E-state index in [9.17, 15) is 38.7 Å². The molecule has 0 spiro atoms. The molecule has 2 aliphatic heterocycles. The number of carbonyl (C=O) groups excluding carboxylic acids is 1. The zero-order chi connectivity index (χ0) is 40.2. The largest absolute Gasteiger partial charge is 0.508 e. The van der Waals surface area contributed by atoms with E-state index >= 15 is 0 Å². The number of carboxylic acid groups (broad SMARTS) is 6. The van der Waals surface area contributed by atoms with Gasteiger partial charge in [0, 0.05) is 59.2 Å². The minimum atomic E-state index is -1.29. The van der Waals surface area contributed by atoms with Crippen LogP contribution in [-0.4, -0.2) is 139 Å². The molecular formula is C29H40N8O14S2. The first-order valence-electron chi connectivity index (χ1n) is 14.9. The standard InChI is InChI=1S/C11H12N2O3.C6H9N3O2.C4H7NO4.C4H5NO3S.C4H7NO2S/c12-9(11(15)16)3-6-5-13-10-2-1-7(14)4-8(6)10;7-5(6(10)11)1-4-2-8-3-9-4;5-2(4(8)9)1-3(6)7;6-3(7)2-1-9-4(8)5-2;6-4(7)3-1-8-2-5-3/h1-2,4-5,9,13-14H,3,12H2,(H,15,16);2-3,5H,1,7H2,(H,8,9)(H,10,11);2H,1,5H2,(H,6,7)(H,8,9);2H,1H2,(H,5,8)(H,6,7);3,5H,1-2H2,(H,6,7)/t9-;;2*2-;3-/m0.100/s1. The van der Waals surface area contributed by atoms with Gasteiger partial charge in [-0.25, -0.2) is 9.78 Å². The zero-order valence-corrected chi connectivity index (χ0v) is 29.2. The van der Waals surface area contributed by atoms with E-state index in [1.807, 2.05) is 0 Å². The van der Waals surface area contributed by atoms with Crippen molar-refractivity contribution in [3.05, 3.63) is 48.2 Å². The van der Waals surface area contributed by atoms with Gasteiger partial charge in [-0.2, -0.15) is 0 Å². The molecule has 1 aromatic carbocycles. The summed E-state index contributed by atoms with van der Waals surface area (Å²) in [7, 11) is 0. The van der Waals surface area contributed by atoms with E-state index in [1.165, 1.54) is 6.33 Å². The first-order chi connectivity index (χ1) is 24.8. The minimum absolute atomic E-state index is 0.150. The first kappa shape index (κ1) is 45.6. The highest BCUT2D eigenvalue weighted by Gasteiger charge is 2.27. The highest BCUT2D eigenvalue weighted by Crippen LogP contribution is 2.23. The van der Waals surface area contributed by atoms with Gasteiger partial charge in [0.05, 0.1) is 12.7 Å². The number of carboxylic acids is 6. The molecule has 1 amide bonds. The lowest BCUT2D eigenvalue weighted by molar-refractivity contribution is -0.144. The van der Waals surface area contributed by atoms with Crippen LogP contribution in [0, 0.1) is 0 Å². The molecule has 3 aromatic rings. The number of phenols is 1. The number of carbonyl (C=O) groups is 7. The molecule has 0 aliphatic carbocycles. The fourth-order valence-electron chi connectivity index (χ4n) is 3.73. The Morgan fingerprint density at radius 3 is 1.83 bits per heavy atom. The predicted molar refractivity (Wildman–Crippen MR) is 189 cm³/mol. The lowest BCUT2D eigenvalue weighted by Crippen LogP contribution is -2.33. The van der Waals surface area contributed by atoms with Crippen LogP contribution in [0.15, 0.2) is 36.9 Å². The quantitative estimate of drug-likeness (QED) is 0.107. The molecule has 0 saturated carbocycles. The van der Waals surface area contributed by atoms with Crippen LogP contribution in [0.3, 0.4) is 0 Å². The van der Waals surface area contributed by atoms with Crippen molar-refractivity contribution in [1.82, 2.24) is 25.6 Å². The lowest BCUT2D eigenvalue weighted by atomic mass is 10.1. The molecule has 4 heterocycles. The van der Waals surface area contributed by atoms with Crippen molar-refractivity contribution >= 4 is 75.5 Å². The van der Waals surface area contributed by atoms with Gasteiger partial charge in [0.1, 0.15) is 36.0 Å². The smallest absolute Gasteiger partial charge is 0.327 e. The predicted octanol–water partition coefficient (Wildman–Crippen LogP) is -1.31. The van der Waals surface area contributed by atoms with Gasteiger partial charge in [0.2, 0.25) is 0 Å². The number of hydrogen-bond acceptors (Lipinski definition) is 15. The number of benzene rings is 1. The molecule has 2 saturated heterocycles. The van der Waals surface area contributed by atoms with Gasteiger partial charge in [-0.3, -0.25) is 34.1 Å². The highest BCUT2D eigenvalue weighted by atomic mass is 32.2. The van der Waals surface area contributed by atoms with Gasteiger partial charge >= 0.3 is 35.8 Å². The zero-order valence-electron chi connectivity index (χ0n) is 27.6. The second kappa shape index (κ2) is 23.2. The second-order valence-electron chi connectivity index (χ2n) is 10.7. The third kappa shape index (κ3) is 18.1. The molecule has 2 aliphatic rings. The number of phenolic OH excluding ortho intramolecular Hbond substituents is 1. The van der Waals surface area contributed by atoms with E-state index in [-0.39, 0.29) is 29.9 Å². The maximum absolute atomic E-state index is 10.6. The number of nitrogens with one attached hydrogen (secondary N) is 4. The third-order valence-electron chi connectivity index (χ3n) is 6.52. The van der Waals surface area contributed by atoms with E-state index in [0.29, 0.717) is 11.5 Å². The Labute approximate surface area is 307 Å². The number of aromatic amines is 2. The van der Waals surface area contributed by atoms with Crippen LogP contribution in [0.5, 0.6) is 5.75 Å². The Kier molecular flexibility index (Phi) is 20.0. The van der Waals surface area contributed by atoms with Gasteiger partial charge in [0.25, 0.3) is 5.24 Å². The van der Waals surface area contributed by atoms with Crippen molar-refractivity contribution in [3.8, 4) is 5.75 Å². The summed E-state index contributed by atoms with van der Waals surface area (Å²) in [5.74, 6) is -4.27. The molecule has 5 rings (SSSR count). The molecule has 5 atom stereocenters. The number of nitrogens with zero attached hydrogens (tertiary/aromatic N) is 1. The van der Waals surface area contributed by atoms with Crippen LogP contribution >= 0.6 is 23.5 Å². The topological polar surface area (TPSA) is 408 Å². The summed E-state index contributed by atoms with van der Waals surface area (Å²) in [6.07, 6.45) is 4.75. The first-order valence-corrected chi connectivity index (χ1v) is 17.1. The number of aliphatic carboxylic acids is 6. The van der Waals surface area contributed by atoms with Crippen molar-refractivity contribution in [2.75, 3.05) is 17.4 Å². The van der Waals surface area contributed by atoms with Crippen molar-refractivity contribution in [1.29, 1.82) is 0 Å². The normalized spacial score (nSPS) is 17.3. The number of aromatic hydroxyl groups is 1. The summed E-state index contributed by atoms with van der Waals surface area (Å²) in [5.41, 5.74) is 17.9. The SMILES string of the molecule is NC(Cc1cnc[nH]1)C(=O)O.N[C@@H](Cc1c[nH]c2ccc(O)cc12)C(=O)O.N[C@H](CC(=O)O)C(=O)O.O=C(O)[C@@H]1CSCN1.O=C1N[C@H](C(=O)O)CS1. The number of aromatic nitrogens is 3. The highest BCUT2D eigenvalue weighted by molar-refractivity contribution is 8.14. The van der Waals surface area contributed by atoms with Crippen molar-refractivity contribution in [2.45, 2.75) is 49.5 Å². The monoisotopic (exact) mass is 788 g/mol. The van der Waals surface area contributed by atoms with Crippen molar-refractivity contribution in [3.63, 3.8) is 0 Å². The van der Waals surface area contributed by atoms with E-state index in [0.717, 1.165) is 39.8 Å². The number of imidazole rings is 1. The fourth-order valence-corrected chi connectivity index (χ4v) is 5.43.